The summed E-state index contributed by atoms with van der Waals surface area (Å²) < 4.78 is 5.35. The number of halogens is 1. The van der Waals surface area contributed by atoms with Crippen LogP contribution in [-0.4, -0.2) is 30.1 Å². The van der Waals surface area contributed by atoms with E-state index in [0.29, 0.717) is 18.2 Å². The van der Waals surface area contributed by atoms with E-state index in [2.05, 4.69) is 16.2 Å². The predicted molar refractivity (Wildman–Crippen MR) is 91.3 cm³/mol. The van der Waals surface area contributed by atoms with E-state index in [-0.39, 0.29) is 24.3 Å². The maximum absolute atomic E-state index is 12.4. The average molecular weight is 331 g/mol. The van der Waals surface area contributed by atoms with E-state index in [4.69, 9.17) is 22.8 Å². The standard InChI is InChI=1S/C18H19ClN2O2/c1-2-15(12-6-8-23-9-7-12)21-17(22)10-13-11-20-16-5-3-4-14(19)18(13)16/h1,3-5,11-12,15,20H,6-10H2,(H,21,22)/t15-/m0/s1. The molecule has 0 radical (unpaired) electrons. The molecule has 4 nitrogen and oxygen atoms in total. The first kappa shape index (κ1) is 15.9. The van der Waals surface area contributed by atoms with Crippen molar-refractivity contribution in [2.45, 2.75) is 25.3 Å². The van der Waals surface area contributed by atoms with Crippen LogP contribution in [0.5, 0.6) is 0 Å². The Labute approximate surface area is 140 Å². The summed E-state index contributed by atoms with van der Waals surface area (Å²) in [6, 6.07) is 5.40. The fourth-order valence-electron chi connectivity index (χ4n) is 3.09. The van der Waals surface area contributed by atoms with Gasteiger partial charge in [0.15, 0.2) is 0 Å². The number of fused-ring (bicyclic) bond motifs is 1. The molecule has 1 aromatic heterocycles. The highest BCUT2D eigenvalue weighted by Gasteiger charge is 2.24. The number of carbonyl (C=O) groups excluding carboxylic acids is 1. The molecule has 0 unspecified atom stereocenters. The summed E-state index contributed by atoms with van der Waals surface area (Å²) in [6.07, 6.45) is 9.46. The third kappa shape index (κ3) is 3.52. The Morgan fingerprint density at radius 1 is 1.48 bits per heavy atom. The van der Waals surface area contributed by atoms with Crippen molar-refractivity contribution in [3.8, 4) is 12.3 Å². The molecule has 2 N–H and O–H groups in total. The maximum Gasteiger partial charge on any atom is 0.225 e. The van der Waals surface area contributed by atoms with Gasteiger partial charge in [0, 0.05) is 30.3 Å². The van der Waals surface area contributed by atoms with Crippen molar-refractivity contribution in [1.82, 2.24) is 10.3 Å². The Bertz CT molecular complexity index is 741. The first-order chi connectivity index (χ1) is 11.2. The number of aromatic nitrogens is 1. The van der Waals surface area contributed by atoms with Crippen LogP contribution in [0.3, 0.4) is 0 Å². The van der Waals surface area contributed by atoms with Crippen LogP contribution in [0.1, 0.15) is 18.4 Å². The number of amides is 1. The molecule has 0 spiro atoms. The summed E-state index contributed by atoms with van der Waals surface area (Å²) in [5.74, 6) is 2.91. The number of H-pyrrole nitrogens is 1. The van der Waals surface area contributed by atoms with Gasteiger partial charge >= 0.3 is 0 Å². The molecule has 2 aromatic rings. The molecule has 1 saturated heterocycles. The third-order valence-corrected chi connectivity index (χ3v) is 4.64. The van der Waals surface area contributed by atoms with Crippen LogP contribution in [0.2, 0.25) is 5.02 Å². The summed E-state index contributed by atoms with van der Waals surface area (Å²) in [5.41, 5.74) is 1.81. The Morgan fingerprint density at radius 2 is 2.26 bits per heavy atom. The Balaban J connectivity index is 1.69. The van der Waals surface area contributed by atoms with Crippen molar-refractivity contribution in [1.29, 1.82) is 0 Å². The van der Waals surface area contributed by atoms with Crippen LogP contribution in [0.25, 0.3) is 10.9 Å². The minimum atomic E-state index is -0.243. The fraction of sp³-hybridized carbons (Fsp3) is 0.389. The zero-order chi connectivity index (χ0) is 16.2. The quantitative estimate of drug-likeness (QED) is 0.847. The van der Waals surface area contributed by atoms with Gasteiger partial charge in [-0.2, -0.15) is 0 Å². The van der Waals surface area contributed by atoms with E-state index >= 15 is 0 Å². The van der Waals surface area contributed by atoms with E-state index in [0.717, 1.165) is 29.3 Å². The lowest BCUT2D eigenvalue weighted by Gasteiger charge is -2.27. The van der Waals surface area contributed by atoms with Crippen LogP contribution in [0.4, 0.5) is 0 Å². The molecule has 3 rings (SSSR count). The highest BCUT2D eigenvalue weighted by molar-refractivity contribution is 6.35. The molecule has 23 heavy (non-hydrogen) atoms. The first-order valence-corrected chi connectivity index (χ1v) is 8.14. The Kier molecular flexibility index (Phi) is 4.90. The summed E-state index contributed by atoms with van der Waals surface area (Å²) in [5, 5.41) is 4.51. The second kappa shape index (κ2) is 7.08. The second-order valence-corrected chi connectivity index (χ2v) is 6.22. The number of rotatable bonds is 4. The van der Waals surface area contributed by atoms with Gasteiger partial charge in [-0.25, -0.2) is 0 Å². The van der Waals surface area contributed by atoms with Crippen molar-refractivity contribution < 1.29 is 9.53 Å². The molecular weight excluding hydrogens is 312 g/mol. The molecule has 0 bridgehead atoms. The van der Waals surface area contributed by atoms with Crippen LogP contribution in [-0.2, 0) is 16.0 Å². The monoisotopic (exact) mass is 330 g/mol. The van der Waals surface area contributed by atoms with Gasteiger partial charge in [0.05, 0.1) is 17.5 Å². The van der Waals surface area contributed by atoms with Crippen LogP contribution < -0.4 is 5.32 Å². The molecule has 1 atom stereocenters. The van der Waals surface area contributed by atoms with Gasteiger partial charge in [-0.3, -0.25) is 4.79 Å². The lowest BCUT2D eigenvalue weighted by Crippen LogP contribution is -2.42. The van der Waals surface area contributed by atoms with Crippen molar-refractivity contribution in [3.63, 3.8) is 0 Å². The summed E-state index contributed by atoms with van der Waals surface area (Å²) in [6.45, 7) is 1.41. The molecular formula is C18H19ClN2O2. The number of ether oxygens (including phenoxy) is 1. The SMILES string of the molecule is C#C[C@H](NC(=O)Cc1c[nH]c2cccc(Cl)c12)C1CCOCC1. The molecule has 1 fully saturated rings. The van der Waals surface area contributed by atoms with Crippen molar-refractivity contribution >= 4 is 28.4 Å². The molecule has 2 heterocycles. The molecule has 0 aliphatic carbocycles. The van der Waals surface area contributed by atoms with Crippen molar-refractivity contribution in [3.05, 3.63) is 35.0 Å². The molecule has 1 aromatic carbocycles. The Morgan fingerprint density at radius 3 is 3.00 bits per heavy atom. The predicted octanol–water partition coefficient (Wildman–Crippen LogP) is 2.91. The highest BCUT2D eigenvalue weighted by Crippen LogP contribution is 2.27. The lowest BCUT2D eigenvalue weighted by molar-refractivity contribution is -0.121. The molecule has 1 amide bonds. The van der Waals surface area contributed by atoms with Crippen LogP contribution in [0.15, 0.2) is 24.4 Å². The normalized spacial score (nSPS) is 16.9. The Hall–Kier alpha value is -1.96. The number of hydrogen-bond acceptors (Lipinski definition) is 2. The lowest BCUT2D eigenvalue weighted by atomic mass is 9.92. The van der Waals surface area contributed by atoms with Gasteiger partial charge in [0.2, 0.25) is 5.91 Å². The van der Waals surface area contributed by atoms with E-state index in [1.165, 1.54) is 0 Å². The number of aromatic amines is 1. The van der Waals surface area contributed by atoms with Gasteiger partial charge in [-0.15, -0.1) is 6.42 Å². The van der Waals surface area contributed by atoms with Gasteiger partial charge in [0.25, 0.3) is 0 Å². The van der Waals surface area contributed by atoms with Gasteiger partial charge in [-0.1, -0.05) is 23.6 Å². The largest absolute Gasteiger partial charge is 0.381 e. The summed E-state index contributed by atoms with van der Waals surface area (Å²) in [4.78, 5) is 15.5. The van der Waals surface area contributed by atoms with Crippen molar-refractivity contribution in [2.75, 3.05) is 13.2 Å². The summed E-state index contributed by atoms with van der Waals surface area (Å²) in [7, 11) is 0. The van der Waals surface area contributed by atoms with Gasteiger partial charge < -0.3 is 15.0 Å². The maximum atomic E-state index is 12.4. The van der Waals surface area contributed by atoms with Crippen molar-refractivity contribution in [2.24, 2.45) is 5.92 Å². The zero-order valence-corrected chi connectivity index (χ0v) is 13.5. The summed E-state index contributed by atoms with van der Waals surface area (Å²) >= 11 is 6.24. The number of hydrogen-bond donors (Lipinski definition) is 2. The van der Waals surface area contributed by atoms with Gasteiger partial charge in [-0.05, 0) is 36.5 Å². The number of carbonyl (C=O) groups is 1. The minimum absolute atomic E-state index is 0.0831. The fourth-order valence-corrected chi connectivity index (χ4v) is 3.39. The molecule has 0 saturated carbocycles. The third-order valence-electron chi connectivity index (χ3n) is 4.32. The molecule has 5 heteroatoms. The minimum Gasteiger partial charge on any atom is -0.381 e. The molecule has 1 aliphatic heterocycles. The molecule has 1 aliphatic rings. The average Bonchev–Trinajstić information content (AvgIpc) is 2.98. The number of nitrogens with one attached hydrogen (secondary N) is 2. The second-order valence-electron chi connectivity index (χ2n) is 5.81. The smallest absolute Gasteiger partial charge is 0.225 e. The zero-order valence-electron chi connectivity index (χ0n) is 12.8. The number of terminal acetylenes is 1. The highest BCUT2D eigenvalue weighted by atomic mass is 35.5. The van der Waals surface area contributed by atoms with E-state index in [1.807, 2.05) is 24.4 Å². The van der Waals surface area contributed by atoms with Crippen LogP contribution >= 0.6 is 11.6 Å². The number of benzene rings is 1. The van der Waals surface area contributed by atoms with E-state index in [9.17, 15) is 4.79 Å². The molecule has 120 valence electrons. The van der Waals surface area contributed by atoms with E-state index < -0.39 is 0 Å². The topological polar surface area (TPSA) is 54.1 Å². The van der Waals surface area contributed by atoms with Gasteiger partial charge in [0.1, 0.15) is 0 Å². The first-order valence-electron chi connectivity index (χ1n) is 7.76. The van der Waals surface area contributed by atoms with E-state index in [1.54, 1.807) is 0 Å². The van der Waals surface area contributed by atoms with Crippen LogP contribution in [0, 0.1) is 18.3 Å².